The third-order valence-electron chi connectivity index (χ3n) is 4.70. The highest BCUT2D eigenvalue weighted by Crippen LogP contribution is 2.38. The third-order valence-corrected chi connectivity index (χ3v) is 4.70. The van der Waals surface area contributed by atoms with Crippen molar-refractivity contribution in [3.05, 3.63) is 22.7 Å². The van der Waals surface area contributed by atoms with E-state index in [1.54, 1.807) is 27.7 Å². The molecule has 2 rings (SSSR count). The van der Waals surface area contributed by atoms with Crippen LogP contribution in [0.1, 0.15) is 34.6 Å². The van der Waals surface area contributed by atoms with Crippen molar-refractivity contribution >= 4 is 17.8 Å². The highest BCUT2D eigenvalue weighted by molar-refractivity contribution is 5.72. The Morgan fingerprint density at radius 3 is 2.48 bits per heavy atom. The number of nitrogens with zero attached hydrogens (tertiary/aromatic N) is 2. The molecule has 1 aromatic rings. The van der Waals surface area contributed by atoms with Gasteiger partial charge in [0.2, 0.25) is 0 Å². The molecular formula is C19H28FN3O6. The first-order valence-corrected chi connectivity index (χ1v) is 9.48. The summed E-state index contributed by atoms with van der Waals surface area (Å²) >= 11 is 0. The Kier molecular flexibility index (Phi) is 6.99. The number of nitrogen functional groups attached to an aromatic ring is 1. The monoisotopic (exact) mass is 413 g/mol. The lowest BCUT2D eigenvalue weighted by Gasteiger charge is -2.28. The van der Waals surface area contributed by atoms with Gasteiger partial charge in [-0.2, -0.15) is 4.98 Å². The second-order valence-corrected chi connectivity index (χ2v) is 7.90. The van der Waals surface area contributed by atoms with Crippen molar-refractivity contribution in [3.8, 4) is 0 Å². The van der Waals surface area contributed by atoms with Crippen molar-refractivity contribution in [2.45, 2.75) is 65.1 Å². The van der Waals surface area contributed by atoms with Gasteiger partial charge in [-0.15, -0.1) is 0 Å². The van der Waals surface area contributed by atoms with Gasteiger partial charge in [0, 0.05) is 6.20 Å². The number of esters is 2. The van der Waals surface area contributed by atoms with Gasteiger partial charge in [-0.1, -0.05) is 27.7 Å². The molecule has 0 radical (unpaired) electrons. The van der Waals surface area contributed by atoms with Crippen LogP contribution in [-0.2, 0) is 30.3 Å². The van der Waals surface area contributed by atoms with Gasteiger partial charge in [-0.05, 0) is 13.0 Å². The molecule has 10 heteroatoms. The van der Waals surface area contributed by atoms with Crippen LogP contribution in [0.5, 0.6) is 0 Å². The van der Waals surface area contributed by atoms with Gasteiger partial charge in [0.15, 0.2) is 11.8 Å². The summed E-state index contributed by atoms with van der Waals surface area (Å²) in [6.45, 7) is 7.35. The molecule has 1 aliphatic rings. The molecule has 0 aromatic carbocycles. The van der Waals surface area contributed by atoms with Crippen LogP contribution in [0.25, 0.3) is 0 Å². The first-order valence-electron chi connectivity index (χ1n) is 9.48. The number of rotatable bonds is 7. The fourth-order valence-electron chi connectivity index (χ4n) is 2.85. The Balaban J connectivity index is 2.25. The zero-order valence-electron chi connectivity index (χ0n) is 17.3. The van der Waals surface area contributed by atoms with Crippen LogP contribution >= 0.6 is 0 Å². The molecule has 1 aromatic heterocycles. The van der Waals surface area contributed by atoms with E-state index in [0.29, 0.717) is 0 Å². The standard InChI is InChI=1S/C19H28FN3O6/c1-10(2)16(24)27-9-12-15(29-17(25)11(3)4)19(5,20)13(28-12)8-23-7-6-14(21)22-18(23)26/h6-7,10-13,15H,8-9H2,1-5H3,(H2,21,22,26)/t12-,13?,15-,19+/m1/s1. The quantitative estimate of drug-likeness (QED) is 0.659. The van der Waals surface area contributed by atoms with Crippen molar-refractivity contribution < 1.29 is 28.2 Å². The van der Waals surface area contributed by atoms with Crippen molar-refractivity contribution in [2.75, 3.05) is 12.3 Å². The van der Waals surface area contributed by atoms with Gasteiger partial charge in [0.05, 0.1) is 18.4 Å². The van der Waals surface area contributed by atoms with Crippen LogP contribution in [-0.4, -0.2) is 52.1 Å². The second kappa shape index (κ2) is 8.89. The molecule has 2 N–H and O–H groups in total. The lowest BCUT2D eigenvalue weighted by Crippen LogP contribution is -2.47. The molecule has 1 saturated heterocycles. The highest BCUT2D eigenvalue weighted by Gasteiger charge is 2.57. The van der Waals surface area contributed by atoms with Crippen molar-refractivity contribution in [2.24, 2.45) is 11.8 Å². The summed E-state index contributed by atoms with van der Waals surface area (Å²) in [4.78, 5) is 39.5. The molecule has 1 fully saturated rings. The molecule has 9 nitrogen and oxygen atoms in total. The summed E-state index contributed by atoms with van der Waals surface area (Å²) in [5.74, 6) is -1.89. The minimum Gasteiger partial charge on any atom is -0.463 e. The number of halogens is 1. The molecule has 0 saturated carbocycles. The highest BCUT2D eigenvalue weighted by atomic mass is 19.1. The summed E-state index contributed by atoms with van der Waals surface area (Å²) in [6.07, 6.45) is -2.08. The van der Waals surface area contributed by atoms with E-state index in [-0.39, 0.29) is 24.9 Å². The van der Waals surface area contributed by atoms with Gasteiger partial charge < -0.3 is 19.9 Å². The lowest BCUT2D eigenvalue weighted by molar-refractivity contribution is -0.165. The molecule has 4 atom stereocenters. The summed E-state index contributed by atoms with van der Waals surface area (Å²) in [5.41, 5.74) is 2.68. The Bertz CT molecular complexity index is 807. The van der Waals surface area contributed by atoms with E-state index < -0.39 is 47.5 Å². The second-order valence-electron chi connectivity index (χ2n) is 7.90. The van der Waals surface area contributed by atoms with Crippen molar-refractivity contribution in [3.63, 3.8) is 0 Å². The summed E-state index contributed by atoms with van der Waals surface area (Å²) < 4.78 is 33.1. The summed E-state index contributed by atoms with van der Waals surface area (Å²) in [5, 5.41) is 0. The Morgan fingerprint density at radius 1 is 1.31 bits per heavy atom. The normalized spacial score (nSPS) is 26.7. The van der Waals surface area contributed by atoms with E-state index in [1.165, 1.54) is 19.2 Å². The van der Waals surface area contributed by atoms with Gasteiger partial charge in [0.25, 0.3) is 0 Å². The smallest absolute Gasteiger partial charge is 0.349 e. The molecule has 162 valence electrons. The maximum atomic E-state index is 15.7. The van der Waals surface area contributed by atoms with E-state index in [9.17, 15) is 14.4 Å². The predicted molar refractivity (Wildman–Crippen MR) is 102 cm³/mol. The molecule has 0 amide bonds. The Labute approximate surface area is 168 Å². The van der Waals surface area contributed by atoms with Gasteiger partial charge in [-0.3, -0.25) is 14.2 Å². The molecule has 1 unspecified atom stereocenters. The van der Waals surface area contributed by atoms with Crippen LogP contribution in [0.15, 0.2) is 17.1 Å². The van der Waals surface area contributed by atoms with E-state index in [2.05, 4.69) is 4.98 Å². The van der Waals surface area contributed by atoms with E-state index in [1.807, 2.05) is 0 Å². The van der Waals surface area contributed by atoms with Crippen LogP contribution in [0, 0.1) is 11.8 Å². The van der Waals surface area contributed by atoms with Crippen LogP contribution in [0.4, 0.5) is 10.2 Å². The average molecular weight is 413 g/mol. The number of hydrogen-bond acceptors (Lipinski definition) is 8. The van der Waals surface area contributed by atoms with Crippen LogP contribution < -0.4 is 11.4 Å². The first-order chi connectivity index (χ1) is 13.4. The van der Waals surface area contributed by atoms with Crippen molar-refractivity contribution in [1.29, 1.82) is 0 Å². The molecule has 29 heavy (non-hydrogen) atoms. The fraction of sp³-hybridized carbons (Fsp3) is 0.684. The van der Waals surface area contributed by atoms with Crippen LogP contribution in [0.2, 0.25) is 0 Å². The number of anilines is 1. The number of hydrogen-bond donors (Lipinski definition) is 1. The summed E-state index contributed by atoms with van der Waals surface area (Å²) in [6, 6.07) is 1.41. The molecule has 1 aliphatic heterocycles. The molecule has 0 bridgehead atoms. The van der Waals surface area contributed by atoms with E-state index in [4.69, 9.17) is 19.9 Å². The molecular weight excluding hydrogens is 385 g/mol. The molecule has 2 heterocycles. The van der Waals surface area contributed by atoms with Crippen molar-refractivity contribution in [1.82, 2.24) is 9.55 Å². The van der Waals surface area contributed by atoms with Gasteiger partial charge in [0.1, 0.15) is 24.6 Å². The third kappa shape index (κ3) is 5.31. The summed E-state index contributed by atoms with van der Waals surface area (Å²) in [7, 11) is 0. The molecule has 0 aliphatic carbocycles. The maximum Gasteiger partial charge on any atom is 0.349 e. The van der Waals surface area contributed by atoms with Gasteiger partial charge in [-0.25, -0.2) is 9.18 Å². The minimum absolute atomic E-state index is 0.0452. The number of carbonyl (C=O) groups excluding carboxylic acids is 2. The zero-order valence-corrected chi connectivity index (χ0v) is 17.3. The van der Waals surface area contributed by atoms with Gasteiger partial charge >= 0.3 is 17.6 Å². The molecule has 0 spiro atoms. The largest absolute Gasteiger partial charge is 0.463 e. The lowest BCUT2D eigenvalue weighted by atomic mass is 9.94. The first kappa shape index (κ1) is 22.8. The predicted octanol–water partition coefficient (Wildman–Crippen LogP) is 1.09. The number of aromatic nitrogens is 2. The zero-order chi connectivity index (χ0) is 21.9. The number of carbonyl (C=O) groups is 2. The number of ether oxygens (including phenoxy) is 3. The SMILES string of the molecule is CC(C)C(=O)OC[C@H]1OC(Cn2ccc(N)nc2=O)[C@](C)(F)[C@@H]1OC(=O)C(C)C. The maximum absolute atomic E-state index is 15.7. The number of alkyl halides is 1. The van der Waals surface area contributed by atoms with E-state index in [0.717, 1.165) is 4.57 Å². The fourth-order valence-corrected chi connectivity index (χ4v) is 2.85. The topological polar surface area (TPSA) is 123 Å². The minimum atomic E-state index is -2.14. The average Bonchev–Trinajstić information content (AvgIpc) is 2.85. The van der Waals surface area contributed by atoms with E-state index >= 15 is 4.39 Å². The Morgan fingerprint density at radius 2 is 1.93 bits per heavy atom. The Hall–Kier alpha value is -2.49. The van der Waals surface area contributed by atoms with Crippen LogP contribution in [0.3, 0.4) is 0 Å². The number of nitrogens with two attached hydrogens (primary N) is 1.